The molecule has 7 nitrogen and oxygen atoms in total. The largest absolute Gasteiger partial charge is 0.465 e. The standard InChI is InChI=1S/C22H23ClN2O5S/c1-30-22(27)16-7-5-15(6-8-16)21(26)20-14-17-13-18(23)9-10-19(17)25(20)31(28,29)24-11-3-2-4-12-24/h5-10,13-14,21,26H,2-4,11-12H2,1H3. The van der Waals surface area contributed by atoms with Gasteiger partial charge in [0, 0.05) is 23.5 Å². The number of carbonyl (C=O) groups is 1. The van der Waals surface area contributed by atoms with Crippen molar-refractivity contribution in [1.29, 1.82) is 0 Å². The van der Waals surface area contributed by atoms with Crippen molar-refractivity contribution in [3.8, 4) is 0 Å². The smallest absolute Gasteiger partial charge is 0.337 e. The maximum absolute atomic E-state index is 13.6. The van der Waals surface area contributed by atoms with Gasteiger partial charge < -0.3 is 9.84 Å². The fraction of sp³-hybridized carbons (Fsp3) is 0.318. The van der Waals surface area contributed by atoms with Crippen LogP contribution in [0.4, 0.5) is 0 Å². The molecule has 1 saturated heterocycles. The zero-order chi connectivity index (χ0) is 22.2. The average molecular weight is 463 g/mol. The zero-order valence-corrected chi connectivity index (χ0v) is 18.6. The molecule has 3 aromatic rings. The summed E-state index contributed by atoms with van der Waals surface area (Å²) >= 11 is 6.13. The molecular formula is C22H23ClN2O5S. The number of rotatable bonds is 5. The van der Waals surface area contributed by atoms with Crippen molar-refractivity contribution in [3.05, 3.63) is 70.4 Å². The van der Waals surface area contributed by atoms with E-state index in [1.165, 1.54) is 27.5 Å². The normalized spacial score (nSPS) is 16.4. The lowest BCUT2D eigenvalue weighted by atomic mass is 10.0. The highest BCUT2D eigenvalue weighted by atomic mass is 35.5. The van der Waals surface area contributed by atoms with Gasteiger partial charge in [-0.25, -0.2) is 8.77 Å². The van der Waals surface area contributed by atoms with Crippen LogP contribution >= 0.6 is 11.6 Å². The van der Waals surface area contributed by atoms with E-state index in [-0.39, 0.29) is 5.69 Å². The van der Waals surface area contributed by atoms with Crippen LogP contribution in [0.1, 0.15) is 47.0 Å². The Kier molecular flexibility index (Phi) is 6.07. The Labute approximate surface area is 186 Å². The van der Waals surface area contributed by atoms with E-state index in [9.17, 15) is 18.3 Å². The van der Waals surface area contributed by atoms with E-state index in [1.807, 2.05) is 0 Å². The molecule has 1 aliphatic heterocycles. The number of benzene rings is 2. The second kappa shape index (κ2) is 8.63. The van der Waals surface area contributed by atoms with Crippen molar-refractivity contribution in [2.24, 2.45) is 0 Å². The molecule has 0 aliphatic carbocycles. The lowest BCUT2D eigenvalue weighted by Gasteiger charge is -2.28. The first kappa shape index (κ1) is 21.8. The van der Waals surface area contributed by atoms with Crippen molar-refractivity contribution >= 4 is 38.7 Å². The summed E-state index contributed by atoms with van der Waals surface area (Å²) in [5.41, 5.74) is 1.47. The minimum Gasteiger partial charge on any atom is -0.465 e. The zero-order valence-electron chi connectivity index (χ0n) is 17.0. The molecule has 1 atom stereocenters. The fourth-order valence-electron chi connectivity index (χ4n) is 3.93. The Balaban J connectivity index is 1.83. The summed E-state index contributed by atoms with van der Waals surface area (Å²) in [6.45, 7) is 0.887. The third-order valence-electron chi connectivity index (χ3n) is 5.55. The molecule has 0 saturated carbocycles. The topological polar surface area (TPSA) is 88.8 Å². The third-order valence-corrected chi connectivity index (χ3v) is 7.67. The SMILES string of the molecule is COC(=O)c1ccc(C(O)c2cc3cc(Cl)ccc3n2S(=O)(=O)N2CCCCC2)cc1. The molecule has 1 aromatic heterocycles. The number of fused-ring (bicyclic) bond motifs is 1. The van der Waals surface area contributed by atoms with E-state index >= 15 is 0 Å². The summed E-state index contributed by atoms with van der Waals surface area (Å²) in [7, 11) is -2.60. The molecule has 31 heavy (non-hydrogen) atoms. The molecule has 1 unspecified atom stereocenters. The number of ether oxygens (including phenoxy) is 1. The van der Waals surface area contributed by atoms with Gasteiger partial charge in [-0.1, -0.05) is 30.2 Å². The Bertz CT molecular complexity index is 1210. The van der Waals surface area contributed by atoms with Crippen LogP contribution in [0.25, 0.3) is 10.9 Å². The van der Waals surface area contributed by atoms with Crippen LogP contribution in [0.5, 0.6) is 0 Å². The maximum Gasteiger partial charge on any atom is 0.337 e. The highest BCUT2D eigenvalue weighted by Crippen LogP contribution is 2.33. The Morgan fingerprint density at radius 3 is 2.39 bits per heavy atom. The summed E-state index contributed by atoms with van der Waals surface area (Å²) < 4.78 is 34.5. The molecule has 0 spiro atoms. The summed E-state index contributed by atoms with van der Waals surface area (Å²) in [6.07, 6.45) is 1.38. The highest BCUT2D eigenvalue weighted by molar-refractivity contribution is 7.87. The van der Waals surface area contributed by atoms with Crippen LogP contribution in [-0.4, -0.2) is 48.0 Å². The highest BCUT2D eigenvalue weighted by Gasteiger charge is 2.31. The molecule has 1 aliphatic rings. The van der Waals surface area contributed by atoms with Crippen molar-refractivity contribution in [3.63, 3.8) is 0 Å². The molecule has 2 aromatic carbocycles. The number of hydrogen-bond acceptors (Lipinski definition) is 5. The molecule has 1 N–H and O–H groups in total. The molecule has 2 heterocycles. The average Bonchev–Trinajstić information content (AvgIpc) is 3.18. The number of aliphatic hydroxyl groups is 1. The van der Waals surface area contributed by atoms with E-state index in [4.69, 9.17) is 16.3 Å². The lowest BCUT2D eigenvalue weighted by molar-refractivity contribution is 0.0600. The summed E-state index contributed by atoms with van der Waals surface area (Å²) in [5, 5.41) is 12.2. The molecule has 164 valence electrons. The first-order valence-corrected chi connectivity index (χ1v) is 11.8. The monoisotopic (exact) mass is 462 g/mol. The lowest BCUT2D eigenvalue weighted by Crippen LogP contribution is -2.40. The van der Waals surface area contributed by atoms with Gasteiger partial charge in [0.2, 0.25) is 0 Å². The van der Waals surface area contributed by atoms with E-state index in [0.29, 0.717) is 40.1 Å². The van der Waals surface area contributed by atoms with Gasteiger partial charge in [-0.2, -0.15) is 12.7 Å². The maximum atomic E-state index is 13.6. The summed E-state index contributed by atoms with van der Waals surface area (Å²) in [6, 6.07) is 12.8. The van der Waals surface area contributed by atoms with Gasteiger partial charge in [-0.05, 0) is 54.8 Å². The minimum atomic E-state index is -3.89. The second-order valence-corrected chi connectivity index (χ2v) is 9.73. The molecule has 0 bridgehead atoms. The fourth-order valence-corrected chi connectivity index (χ4v) is 5.90. The number of hydrogen-bond donors (Lipinski definition) is 1. The molecule has 0 radical (unpaired) electrons. The van der Waals surface area contributed by atoms with Gasteiger partial charge in [0.1, 0.15) is 6.10 Å². The Hall–Kier alpha value is -2.39. The predicted octanol–water partition coefficient (Wildman–Crippen LogP) is 3.74. The summed E-state index contributed by atoms with van der Waals surface area (Å²) in [5.74, 6) is -0.488. The van der Waals surface area contributed by atoms with E-state index in [2.05, 4.69) is 0 Å². The van der Waals surface area contributed by atoms with Crippen molar-refractivity contribution < 1.29 is 23.1 Å². The van der Waals surface area contributed by atoms with Gasteiger partial charge in [0.05, 0.1) is 23.9 Å². The van der Waals surface area contributed by atoms with Gasteiger partial charge >= 0.3 is 16.2 Å². The van der Waals surface area contributed by atoms with Crippen molar-refractivity contribution in [1.82, 2.24) is 8.28 Å². The number of piperidine rings is 1. The van der Waals surface area contributed by atoms with E-state index < -0.39 is 22.3 Å². The van der Waals surface area contributed by atoms with Gasteiger partial charge in [0.15, 0.2) is 0 Å². The van der Waals surface area contributed by atoms with Gasteiger partial charge in [0.25, 0.3) is 0 Å². The summed E-state index contributed by atoms with van der Waals surface area (Å²) in [4.78, 5) is 11.7. The van der Waals surface area contributed by atoms with Crippen LogP contribution < -0.4 is 0 Å². The van der Waals surface area contributed by atoms with Crippen LogP contribution in [0.2, 0.25) is 5.02 Å². The number of halogens is 1. The van der Waals surface area contributed by atoms with E-state index in [1.54, 1.807) is 36.4 Å². The van der Waals surface area contributed by atoms with Gasteiger partial charge in [-0.3, -0.25) is 0 Å². The Morgan fingerprint density at radius 1 is 1.06 bits per heavy atom. The number of aliphatic hydroxyl groups excluding tert-OH is 1. The van der Waals surface area contributed by atoms with Crippen LogP contribution in [0.3, 0.4) is 0 Å². The molecule has 4 rings (SSSR count). The van der Waals surface area contributed by atoms with Crippen molar-refractivity contribution in [2.45, 2.75) is 25.4 Å². The third kappa shape index (κ3) is 4.08. The van der Waals surface area contributed by atoms with E-state index in [0.717, 1.165) is 19.3 Å². The predicted molar refractivity (Wildman–Crippen MR) is 119 cm³/mol. The number of nitrogens with zero attached hydrogens (tertiary/aromatic N) is 2. The molecule has 1 fully saturated rings. The van der Waals surface area contributed by atoms with Crippen LogP contribution in [-0.2, 0) is 14.9 Å². The Morgan fingerprint density at radius 2 is 1.74 bits per heavy atom. The van der Waals surface area contributed by atoms with Crippen molar-refractivity contribution in [2.75, 3.05) is 20.2 Å². The first-order valence-electron chi connectivity index (χ1n) is 10.0. The van der Waals surface area contributed by atoms with Crippen LogP contribution in [0, 0.1) is 0 Å². The quantitative estimate of drug-likeness (QED) is 0.583. The van der Waals surface area contributed by atoms with Crippen LogP contribution in [0.15, 0.2) is 48.5 Å². The minimum absolute atomic E-state index is 0.216. The number of carbonyl (C=O) groups excluding carboxylic acids is 1. The number of aromatic nitrogens is 1. The molecule has 9 heteroatoms. The first-order chi connectivity index (χ1) is 14.8. The van der Waals surface area contributed by atoms with Gasteiger partial charge in [-0.15, -0.1) is 0 Å². The molecular weight excluding hydrogens is 440 g/mol. The number of methoxy groups -OCH3 is 1. The second-order valence-electron chi connectivity index (χ2n) is 7.52. The number of esters is 1. The molecule has 0 amide bonds.